The third kappa shape index (κ3) is 9.51. The van der Waals surface area contributed by atoms with Crippen molar-refractivity contribution in [3.05, 3.63) is 0 Å². The van der Waals surface area contributed by atoms with E-state index in [0.29, 0.717) is 32.5 Å². The van der Waals surface area contributed by atoms with E-state index >= 15 is 0 Å². The molecular formula is C15H28O4. The Morgan fingerprint density at radius 1 is 0.947 bits per heavy atom. The average molecular weight is 272 g/mol. The van der Waals surface area contributed by atoms with Gasteiger partial charge in [-0.15, -0.1) is 0 Å². The molecule has 0 N–H and O–H groups in total. The van der Waals surface area contributed by atoms with Crippen LogP contribution in [-0.4, -0.2) is 25.2 Å². The molecule has 1 atom stereocenters. The SMILES string of the molecule is CCCCOC(=O)CCC(CC)C(=O)OCCCC. The Morgan fingerprint density at radius 3 is 2.05 bits per heavy atom. The Hall–Kier alpha value is -1.06. The van der Waals surface area contributed by atoms with Crippen LogP contribution in [0.15, 0.2) is 0 Å². The highest BCUT2D eigenvalue weighted by Crippen LogP contribution is 2.14. The van der Waals surface area contributed by atoms with Crippen molar-refractivity contribution >= 4 is 11.9 Å². The Labute approximate surface area is 116 Å². The molecule has 0 spiro atoms. The van der Waals surface area contributed by atoms with Crippen LogP contribution >= 0.6 is 0 Å². The van der Waals surface area contributed by atoms with Crippen molar-refractivity contribution in [1.82, 2.24) is 0 Å². The van der Waals surface area contributed by atoms with Crippen molar-refractivity contribution in [1.29, 1.82) is 0 Å². The third-order valence-corrected chi connectivity index (χ3v) is 3.03. The second kappa shape index (κ2) is 12.0. The van der Waals surface area contributed by atoms with Crippen molar-refractivity contribution in [2.75, 3.05) is 13.2 Å². The number of unbranched alkanes of at least 4 members (excludes halogenated alkanes) is 2. The van der Waals surface area contributed by atoms with E-state index in [4.69, 9.17) is 9.47 Å². The maximum absolute atomic E-state index is 11.7. The van der Waals surface area contributed by atoms with E-state index in [1.54, 1.807) is 0 Å². The summed E-state index contributed by atoms with van der Waals surface area (Å²) in [5.74, 6) is -0.582. The Balaban J connectivity index is 3.84. The van der Waals surface area contributed by atoms with Gasteiger partial charge in [0, 0.05) is 6.42 Å². The van der Waals surface area contributed by atoms with E-state index in [-0.39, 0.29) is 17.9 Å². The number of ether oxygens (including phenoxy) is 2. The molecule has 0 saturated carbocycles. The van der Waals surface area contributed by atoms with E-state index in [1.807, 2.05) is 13.8 Å². The zero-order valence-corrected chi connectivity index (χ0v) is 12.6. The molecule has 0 fully saturated rings. The highest BCUT2D eigenvalue weighted by molar-refractivity contribution is 5.74. The van der Waals surface area contributed by atoms with Gasteiger partial charge < -0.3 is 9.47 Å². The van der Waals surface area contributed by atoms with E-state index in [9.17, 15) is 9.59 Å². The minimum atomic E-state index is -0.215. The zero-order chi connectivity index (χ0) is 14.5. The fourth-order valence-corrected chi connectivity index (χ4v) is 1.62. The van der Waals surface area contributed by atoms with Gasteiger partial charge in [-0.1, -0.05) is 33.6 Å². The topological polar surface area (TPSA) is 52.6 Å². The molecule has 1 unspecified atom stereocenters. The van der Waals surface area contributed by atoms with Crippen LogP contribution in [0.25, 0.3) is 0 Å². The van der Waals surface area contributed by atoms with Crippen LogP contribution in [0, 0.1) is 5.92 Å². The first-order valence-corrected chi connectivity index (χ1v) is 7.47. The van der Waals surface area contributed by atoms with Crippen LogP contribution in [0.3, 0.4) is 0 Å². The molecule has 4 nitrogen and oxygen atoms in total. The van der Waals surface area contributed by atoms with Gasteiger partial charge >= 0.3 is 11.9 Å². The van der Waals surface area contributed by atoms with Gasteiger partial charge in [0.25, 0.3) is 0 Å². The normalized spacial score (nSPS) is 11.9. The maximum Gasteiger partial charge on any atom is 0.308 e. The first kappa shape index (κ1) is 17.9. The van der Waals surface area contributed by atoms with Crippen LogP contribution < -0.4 is 0 Å². The standard InChI is InChI=1S/C15H28O4/c1-4-7-11-18-14(16)10-9-13(6-3)15(17)19-12-8-5-2/h13H,4-12H2,1-3H3. The lowest BCUT2D eigenvalue weighted by Crippen LogP contribution is -2.19. The monoisotopic (exact) mass is 272 g/mol. The number of esters is 2. The molecule has 0 bridgehead atoms. The van der Waals surface area contributed by atoms with Crippen LogP contribution in [0.5, 0.6) is 0 Å². The lowest BCUT2D eigenvalue weighted by molar-refractivity contribution is -0.150. The average Bonchev–Trinajstić information content (AvgIpc) is 2.40. The minimum absolute atomic E-state index is 0.183. The van der Waals surface area contributed by atoms with Gasteiger partial charge in [0.1, 0.15) is 0 Å². The molecule has 0 aromatic carbocycles. The van der Waals surface area contributed by atoms with Gasteiger partial charge in [-0.2, -0.15) is 0 Å². The molecule has 0 aliphatic heterocycles. The first-order chi connectivity index (χ1) is 9.15. The summed E-state index contributed by atoms with van der Waals surface area (Å²) >= 11 is 0. The van der Waals surface area contributed by atoms with E-state index in [0.717, 1.165) is 25.7 Å². The van der Waals surface area contributed by atoms with Gasteiger partial charge in [-0.05, 0) is 25.7 Å². The first-order valence-electron chi connectivity index (χ1n) is 7.47. The molecule has 0 aliphatic carbocycles. The number of carbonyl (C=O) groups excluding carboxylic acids is 2. The summed E-state index contributed by atoms with van der Waals surface area (Å²) in [4.78, 5) is 23.2. The lowest BCUT2D eigenvalue weighted by atomic mass is 10.0. The fourth-order valence-electron chi connectivity index (χ4n) is 1.62. The highest BCUT2D eigenvalue weighted by Gasteiger charge is 2.19. The van der Waals surface area contributed by atoms with Crippen molar-refractivity contribution in [2.24, 2.45) is 5.92 Å². The van der Waals surface area contributed by atoms with Crippen LogP contribution in [0.2, 0.25) is 0 Å². The summed E-state index contributed by atoms with van der Waals surface area (Å²) in [7, 11) is 0. The summed E-state index contributed by atoms with van der Waals surface area (Å²) in [6.45, 7) is 7.00. The summed E-state index contributed by atoms with van der Waals surface area (Å²) in [5, 5.41) is 0. The zero-order valence-electron chi connectivity index (χ0n) is 12.6. The van der Waals surface area contributed by atoms with Crippen molar-refractivity contribution in [3.63, 3.8) is 0 Å². The molecular weight excluding hydrogens is 244 g/mol. The van der Waals surface area contributed by atoms with Crippen molar-refractivity contribution in [2.45, 2.75) is 65.7 Å². The van der Waals surface area contributed by atoms with Crippen molar-refractivity contribution in [3.8, 4) is 0 Å². The van der Waals surface area contributed by atoms with Gasteiger partial charge in [0.05, 0.1) is 19.1 Å². The second-order valence-electron chi connectivity index (χ2n) is 4.74. The van der Waals surface area contributed by atoms with E-state index in [2.05, 4.69) is 6.92 Å². The predicted molar refractivity (Wildman–Crippen MR) is 74.7 cm³/mol. The molecule has 0 aromatic heterocycles. The molecule has 112 valence electrons. The summed E-state index contributed by atoms with van der Waals surface area (Å²) < 4.78 is 10.2. The number of hydrogen-bond acceptors (Lipinski definition) is 4. The Kier molecular flexibility index (Phi) is 11.3. The smallest absolute Gasteiger partial charge is 0.308 e. The summed E-state index contributed by atoms with van der Waals surface area (Å²) in [5.41, 5.74) is 0. The Morgan fingerprint density at radius 2 is 1.53 bits per heavy atom. The summed E-state index contributed by atoms with van der Waals surface area (Å²) in [6, 6.07) is 0. The van der Waals surface area contributed by atoms with E-state index < -0.39 is 0 Å². The molecule has 0 rings (SSSR count). The highest BCUT2D eigenvalue weighted by atomic mass is 16.5. The van der Waals surface area contributed by atoms with Gasteiger partial charge in [-0.25, -0.2) is 0 Å². The number of carbonyl (C=O) groups is 2. The van der Waals surface area contributed by atoms with Gasteiger partial charge in [0.15, 0.2) is 0 Å². The second-order valence-corrected chi connectivity index (χ2v) is 4.74. The third-order valence-electron chi connectivity index (χ3n) is 3.03. The van der Waals surface area contributed by atoms with Crippen LogP contribution in [0.1, 0.15) is 65.7 Å². The Bertz CT molecular complexity index is 251. The largest absolute Gasteiger partial charge is 0.466 e. The van der Waals surface area contributed by atoms with Crippen LogP contribution in [-0.2, 0) is 19.1 Å². The molecule has 0 saturated heterocycles. The molecule has 19 heavy (non-hydrogen) atoms. The maximum atomic E-state index is 11.7. The van der Waals surface area contributed by atoms with Gasteiger partial charge in [0.2, 0.25) is 0 Å². The quantitative estimate of drug-likeness (QED) is 0.427. The lowest BCUT2D eigenvalue weighted by Gasteiger charge is -2.13. The van der Waals surface area contributed by atoms with E-state index in [1.165, 1.54) is 0 Å². The fraction of sp³-hybridized carbons (Fsp3) is 0.867. The predicted octanol–water partition coefficient (Wildman–Crippen LogP) is 3.48. The van der Waals surface area contributed by atoms with Crippen LogP contribution in [0.4, 0.5) is 0 Å². The minimum Gasteiger partial charge on any atom is -0.466 e. The molecule has 4 heteroatoms. The molecule has 0 heterocycles. The van der Waals surface area contributed by atoms with Crippen molar-refractivity contribution < 1.29 is 19.1 Å². The number of hydrogen-bond donors (Lipinski definition) is 0. The molecule has 0 aliphatic rings. The number of rotatable bonds is 11. The molecule has 0 radical (unpaired) electrons. The molecule has 0 amide bonds. The summed E-state index contributed by atoms with van der Waals surface area (Å²) in [6.07, 6.45) is 5.32. The van der Waals surface area contributed by atoms with Gasteiger partial charge in [-0.3, -0.25) is 9.59 Å². The molecule has 0 aromatic rings.